The van der Waals surface area contributed by atoms with Gasteiger partial charge in [-0.05, 0) is 48.4 Å². The molecule has 0 atom stereocenters. The Hall–Kier alpha value is -1.84. The molecule has 0 saturated carbocycles. The highest BCUT2D eigenvalue weighted by molar-refractivity contribution is 6.36. The van der Waals surface area contributed by atoms with Gasteiger partial charge in [0.25, 0.3) is 0 Å². The Balaban J connectivity index is 1.99. The molecule has 1 heterocycles. The molecule has 0 fully saturated rings. The topological polar surface area (TPSA) is 46.2 Å². The minimum absolute atomic E-state index is 0.000498. The standard InChI is InChI=1S/C16H11Cl2NO2/c17-11-3-4-13(18)12(8-11)16(21)10-1-5-14-9(7-10)2-6-15(20)19-14/h1,3-5,7-8H,2,6H2,(H,19,20). The van der Waals surface area contributed by atoms with E-state index in [0.29, 0.717) is 34.0 Å². The number of anilines is 1. The van der Waals surface area contributed by atoms with E-state index in [4.69, 9.17) is 23.2 Å². The summed E-state index contributed by atoms with van der Waals surface area (Å²) in [5.41, 5.74) is 2.64. The molecule has 0 unspecified atom stereocenters. The minimum atomic E-state index is -0.179. The highest BCUT2D eigenvalue weighted by Crippen LogP contribution is 2.27. The lowest BCUT2D eigenvalue weighted by molar-refractivity contribution is -0.116. The number of benzene rings is 2. The number of halogens is 2. The Morgan fingerprint density at radius 3 is 2.67 bits per heavy atom. The predicted molar refractivity (Wildman–Crippen MR) is 83.3 cm³/mol. The highest BCUT2D eigenvalue weighted by Gasteiger charge is 2.18. The van der Waals surface area contributed by atoms with Crippen molar-refractivity contribution >= 4 is 40.6 Å². The first kappa shape index (κ1) is 14.1. The summed E-state index contributed by atoms with van der Waals surface area (Å²) in [7, 11) is 0. The molecule has 3 rings (SSSR count). The third-order valence-corrected chi connectivity index (χ3v) is 4.00. The lowest BCUT2D eigenvalue weighted by Crippen LogP contribution is -2.19. The van der Waals surface area contributed by atoms with Gasteiger partial charge in [-0.1, -0.05) is 23.2 Å². The molecular formula is C16H11Cl2NO2. The van der Waals surface area contributed by atoms with Gasteiger partial charge in [0.2, 0.25) is 5.91 Å². The maximum atomic E-state index is 12.5. The number of hydrogen-bond acceptors (Lipinski definition) is 2. The Morgan fingerprint density at radius 2 is 1.86 bits per heavy atom. The average molecular weight is 320 g/mol. The number of amides is 1. The van der Waals surface area contributed by atoms with Crippen molar-refractivity contribution in [2.24, 2.45) is 0 Å². The summed E-state index contributed by atoms with van der Waals surface area (Å²) < 4.78 is 0. The normalized spacial score (nSPS) is 13.5. The Bertz CT molecular complexity index is 756. The molecule has 1 aliphatic rings. The number of carbonyl (C=O) groups is 2. The van der Waals surface area contributed by atoms with Gasteiger partial charge in [-0.15, -0.1) is 0 Å². The van der Waals surface area contributed by atoms with Gasteiger partial charge in [-0.25, -0.2) is 0 Å². The van der Waals surface area contributed by atoms with Crippen molar-refractivity contribution in [2.45, 2.75) is 12.8 Å². The first-order valence-electron chi connectivity index (χ1n) is 6.47. The third-order valence-electron chi connectivity index (χ3n) is 3.44. The summed E-state index contributed by atoms with van der Waals surface area (Å²) in [6, 6.07) is 10.0. The molecule has 3 nitrogen and oxygen atoms in total. The van der Waals surface area contributed by atoms with E-state index in [1.807, 2.05) is 0 Å². The predicted octanol–water partition coefficient (Wildman–Crippen LogP) is 4.11. The van der Waals surface area contributed by atoms with E-state index in [-0.39, 0.29) is 11.7 Å². The molecular weight excluding hydrogens is 309 g/mol. The van der Waals surface area contributed by atoms with E-state index in [1.165, 1.54) is 0 Å². The molecule has 0 bridgehead atoms. The second-order valence-electron chi connectivity index (χ2n) is 4.87. The highest BCUT2D eigenvalue weighted by atomic mass is 35.5. The smallest absolute Gasteiger partial charge is 0.224 e. The Morgan fingerprint density at radius 1 is 1.05 bits per heavy atom. The number of aryl methyl sites for hydroxylation is 1. The average Bonchev–Trinajstić information content (AvgIpc) is 2.48. The van der Waals surface area contributed by atoms with Crippen LogP contribution < -0.4 is 5.32 Å². The van der Waals surface area contributed by atoms with Crippen molar-refractivity contribution in [3.63, 3.8) is 0 Å². The summed E-state index contributed by atoms with van der Waals surface area (Å²) in [5, 5.41) is 3.63. The van der Waals surface area contributed by atoms with Crippen LogP contribution in [0.1, 0.15) is 27.9 Å². The number of rotatable bonds is 2. The van der Waals surface area contributed by atoms with Crippen molar-refractivity contribution in [1.82, 2.24) is 0 Å². The molecule has 1 N–H and O–H groups in total. The largest absolute Gasteiger partial charge is 0.326 e. The fraction of sp³-hybridized carbons (Fsp3) is 0.125. The summed E-state index contributed by atoms with van der Waals surface area (Å²) in [6.07, 6.45) is 1.06. The number of hydrogen-bond donors (Lipinski definition) is 1. The molecule has 0 spiro atoms. The summed E-state index contributed by atoms with van der Waals surface area (Å²) in [5.74, 6) is -0.179. The molecule has 106 valence electrons. The van der Waals surface area contributed by atoms with Crippen molar-refractivity contribution < 1.29 is 9.59 Å². The summed E-state index contributed by atoms with van der Waals surface area (Å²) in [6.45, 7) is 0. The maximum Gasteiger partial charge on any atom is 0.224 e. The lowest BCUT2D eigenvalue weighted by atomic mass is 9.96. The van der Waals surface area contributed by atoms with Gasteiger partial charge in [0.05, 0.1) is 5.02 Å². The van der Waals surface area contributed by atoms with Crippen LogP contribution in [-0.4, -0.2) is 11.7 Å². The molecule has 0 aromatic heterocycles. The number of carbonyl (C=O) groups excluding carboxylic acids is 2. The van der Waals surface area contributed by atoms with E-state index in [1.54, 1.807) is 36.4 Å². The zero-order chi connectivity index (χ0) is 15.0. The first-order valence-corrected chi connectivity index (χ1v) is 7.23. The van der Waals surface area contributed by atoms with Crippen molar-refractivity contribution in [1.29, 1.82) is 0 Å². The van der Waals surface area contributed by atoms with E-state index >= 15 is 0 Å². The van der Waals surface area contributed by atoms with Crippen molar-refractivity contribution in [2.75, 3.05) is 5.32 Å². The molecule has 2 aromatic rings. The van der Waals surface area contributed by atoms with E-state index in [0.717, 1.165) is 11.3 Å². The van der Waals surface area contributed by atoms with Crippen molar-refractivity contribution in [3.8, 4) is 0 Å². The second kappa shape index (κ2) is 5.51. The Kier molecular flexibility index (Phi) is 3.70. The van der Waals surface area contributed by atoms with Crippen LogP contribution in [0.25, 0.3) is 0 Å². The van der Waals surface area contributed by atoms with Gasteiger partial charge < -0.3 is 5.32 Å². The molecule has 5 heteroatoms. The van der Waals surface area contributed by atoms with Crippen LogP contribution in [0.3, 0.4) is 0 Å². The van der Waals surface area contributed by atoms with Gasteiger partial charge >= 0.3 is 0 Å². The fourth-order valence-electron chi connectivity index (χ4n) is 2.35. The van der Waals surface area contributed by atoms with Crippen LogP contribution in [0.15, 0.2) is 36.4 Å². The second-order valence-corrected chi connectivity index (χ2v) is 5.72. The van der Waals surface area contributed by atoms with Crippen LogP contribution in [0.4, 0.5) is 5.69 Å². The van der Waals surface area contributed by atoms with Crippen LogP contribution in [-0.2, 0) is 11.2 Å². The number of nitrogens with one attached hydrogen (secondary N) is 1. The molecule has 0 radical (unpaired) electrons. The van der Waals surface area contributed by atoms with Crippen LogP contribution in [0.5, 0.6) is 0 Å². The van der Waals surface area contributed by atoms with Crippen LogP contribution >= 0.6 is 23.2 Å². The van der Waals surface area contributed by atoms with E-state index < -0.39 is 0 Å². The quantitative estimate of drug-likeness (QED) is 0.847. The van der Waals surface area contributed by atoms with Gasteiger partial charge in [0, 0.05) is 28.3 Å². The molecule has 1 aliphatic heterocycles. The SMILES string of the molecule is O=C1CCc2cc(C(=O)c3cc(Cl)ccc3Cl)ccc2N1. The maximum absolute atomic E-state index is 12.5. The van der Waals surface area contributed by atoms with Gasteiger partial charge in [-0.3, -0.25) is 9.59 Å². The lowest BCUT2D eigenvalue weighted by Gasteiger charge is -2.17. The number of fused-ring (bicyclic) bond motifs is 1. The fourth-order valence-corrected chi connectivity index (χ4v) is 2.73. The van der Waals surface area contributed by atoms with Gasteiger partial charge in [0.1, 0.15) is 0 Å². The number of ketones is 1. The molecule has 2 aromatic carbocycles. The minimum Gasteiger partial charge on any atom is -0.326 e. The molecule has 0 saturated heterocycles. The monoisotopic (exact) mass is 319 g/mol. The molecule has 1 amide bonds. The van der Waals surface area contributed by atoms with Crippen molar-refractivity contribution in [3.05, 3.63) is 63.1 Å². The zero-order valence-electron chi connectivity index (χ0n) is 11.0. The van der Waals surface area contributed by atoms with Gasteiger partial charge in [0.15, 0.2) is 5.78 Å². The first-order chi connectivity index (χ1) is 10.0. The summed E-state index contributed by atoms with van der Waals surface area (Å²) >= 11 is 12.0. The Labute approximate surface area is 131 Å². The summed E-state index contributed by atoms with van der Waals surface area (Å²) in [4.78, 5) is 23.9. The van der Waals surface area contributed by atoms with Crippen LogP contribution in [0, 0.1) is 0 Å². The third kappa shape index (κ3) is 2.80. The van der Waals surface area contributed by atoms with Gasteiger partial charge in [-0.2, -0.15) is 0 Å². The van der Waals surface area contributed by atoms with E-state index in [2.05, 4.69) is 5.32 Å². The zero-order valence-corrected chi connectivity index (χ0v) is 12.5. The van der Waals surface area contributed by atoms with E-state index in [9.17, 15) is 9.59 Å². The molecule has 21 heavy (non-hydrogen) atoms. The van der Waals surface area contributed by atoms with Crippen LogP contribution in [0.2, 0.25) is 10.0 Å². The molecule has 0 aliphatic carbocycles.